The lowest BCUT2D eigenvalue weighted by Crippen LogP contribution is -2.29. The molecule has 0 saturated carbocycles. The third-order valence-corrected chi connectivity index (χ3v) is 3.38. The molecule has 0 amide bonds. The second kappa shape index (κ2) is 4.91. The third-order valence-electron chi connectivity index (χ3n) is 3.38. The lowest BCUT2D eigenvalue weighted by molar-refractivity contribution is 0.151. The first-order chi connectivity index (χ1) is 7.66. The minimum atomic E-state index is -2.36. The number of halogens is 2. The minimum Gasteiger partial charge on any atom is -0.306 e. The second-order valence-electron chi connectivity index (χ2n) is 4.54. The standard InChI is InChI=1S/C13H17F2N/c1-16-8-6-11(7-9-16)10-2-4-12(5-3-10)13(14)15/h2-5,11,13H,6-9H2,1H3. The predicted molar refractivity (Wildman–Crippen MR) is 60.9 cm³/mol. The third kappa shape index (κ3) is 2.59. The van der Waals surface area contributed by atoms with Gasteiger partial charge in [-0.25, -0.2) is 8.78 Å². The van der Waals surface area contributed by atoms with Gasteiger partial charge in [0.1, 0.15) is 0 Å². The van der Waals surface area contributed by atoms with Crippen molar-refractivity contribution in [3.8, 4) is 0 Å². The maximum absolute atomic E-state index is 12.4. The fourth-order valence-electron chi connectivity index (χ4n) is 2.26. The van der Waals surface area contributed by atoms with Crippen LogP contribution in [0, 0.1) is 0 Å². The first-order valence-electron chi connectivity index (χ1n) is 5.73. The SMILES string of the molecule is CN1CCC(c2ccc(C(F)F)cc2)CC1. The Morgan fingerprint density at radius 3 is 2.19 bits per heavy atom. The van der Waals surface area contributed by atoms with E-state index in [4.69, 9.17) is 0 Å². The molecule has 0 atom stereocenters. The van der Waals surface area contributed by atoms with Gasteiger partial charge >= 0.3 is 0 Å². The van der Waals surface area contributed by atoms with E-state index in [1.807, 2.05) is 12.1 Å². The van der Waals surface area contributed by atoms with Gasteiger partial charge < -0.3 is 4.90 Å². The van der Waals surface area contributed by atoms with Crippen molar-refractivity contribution < 1.29 is 8.78 Å². The van der Waals surface area contributed by atoms with E-state index in [-0.39, 0.29) is 5.56 Å². The largest absolute Gasteiger partial charge is 0.306 e. The molecule has 0 spiro atoms. The molecular weight excluding hydrogens is 208 g/mol. The van der Waals surface area contributed by atoms with Crippen molar-refractivity contribution in [2.45, 2.75) is 25.2 Å². The molecule has 0 N–H and O–H groups in total. The van der Waals surface area contributed by atoms with Gasteiger partial charge in [-0.1, -0.05) is 24.3 Å². The highest BCUT2D eigenvalue weighted by Gasteiger charge is 2.18. The first-order valence-corrected chi connectivity index (χ1v) is 5.73. The number of piperidine rings is 1. The van der Waals surface area contributed by atoms with Crippen LogP contribution in [0.15, 0.2) is 24.3 Å². The Morgan fingerprint density at radius 1 is 1.12 bits per heavy atom. The number of alkyl halides is 2. The van der Waals surface area contributed by atoms with Gasteiger partial charge in [0.2, 0.25) is 0 Å². The van der Waals surface area contributed by atoms with Crippen LogP contribution in [0.4, 0.5) is 8.78 Å². The zero-order valence-electron chi connectivity index (χ0n) is 9.50. The molecule has 0 aromatic heterocycles. The second-order valence-corrected chi connectivity index (χ2v) is 4.54. The normalized spacial score (nSPS) is 19.2. The fraction of sp³-hybridized carbons (Fsp3) is 0.538. The molecule has 0 unspecified atom stereocenters. The van der Waals surface area contributed by atoms with Gasteiger partial charge in [-0.05, 0) is 44.5 Å². The summed E-state index contributed by atoms with van der Waals surface area (Å²) >= 11 is 0. The van der Waals surface area contributed by atoms with E-state index in [1.54, 1.807) is 12.1 Å². The average Bonchev–Trinajstić information content (AvgIpc) is 2.30. The Bertz CT molecular complexity index is 326. The Kier molecular flexibility index (Phi) is 3.54. The van der Waals surface area contributed by atoms with Crippen molar-refractivity contribution in [2.75, 3.05) is 20.1 Å². The van der Waals surface area contributed by atoms with E-state index in [1.165, 1.54) is 5.56 Å². The zero-order valence-corrected chi connectivity index (χ0v) is 9.50. The van der Waals surface area contributed by atoms with Gasteiger partial charge in [0.05, 0.1) is 0 Å². The summed E-state index contributed by atoms with van der Waals surface area (Å²) in [4.78, 5) is 2.31. The first kappa shape index (κ1) is 11.5. The van der Waals surface area contributed by atoms with Gasteiger partial charge in [0.25, 0.3) is 6.43 Å². The van der Waals surface area contributed by atoms with Crippen molar-refractivity contribution in [1.29, 1.82) is 0 Å². The van der Waals surface area contributed by atoms with Crippen molar-refractivity contribution in [1.82, 2.24) is 4.90 Å². The average molecular weight is 225 g/mol. The highest BCUT2D eigenvalue weighted by Crippen LogP contribution is 2.29. The van der Waals surface area contributed by atoms with E-state index < -0.39 is 6.43 Å². The van der Waals surface area contributed by atoms with Crippen LogP contribution in [0.3, 0.4) is 0 Å². The molecule has 88 valence electrons. The number of benzene rings is 1. The summed E-state index contributed by atoms with van der Waals surface area (Å²) in [6.07, 6.45) is -0.0961. The Morgan fingerprint density at radius 2 is 1.69 bits per heavy atom. The van der Waals surface area contributed by atoms with E-state index >= 15 is 0 Å². The molecule has 0 radical (unpaired) electrons. The Labute approximate surface area is 95.1 Å². The minimum absolute atomic E-state index is 0.122. The maximum Gasteiger partial charge on any atom is 0.263 e. The monoisotopic (exact) mass is 225 g/mol. The lowest BCUT2D eigenvalue weighted by atomic mass is 9.89. The number of hydrogen-bond acceptors (Lipinski definition) is 1. The molecule has 1 saturated heterocycles. The van der Waals surface area contributed by atoms with Crippen LogP contribution in [-0.4, -0.2) is 25.0 Å². The van der Waals surface area contributed by atoms with Crippen LogP contribution in [-0.2, 0) is 0 Å². The van der Waals surface area contributed by atoms with Crippen LogP contribution in [0.1, 0.15) is 36.3 Å². The summed E-state index contributed by atoms with van der Waals surface area (Å²) in [5.74, 6) is 0.544. The van der Waals surface area contributed by atoms with Gasteiger partial charge in [0.15, 0.2) is 0 Å². The van der Waals surface area contributed by atoms with Gasteiger partial charge in [-0.15, -0.1) is 0 Å². The molecule has 1 fully saturated rings. The van der Waals surface area contributed by atoms with Crippen LogP contribution < -0.4 is 0 Å². The van der Waals surface area contributed by atoms with Crippen LogP contribution in [0.5, 0.6) is 0 Å². The van der Waals surface area contributed by atoms with Crippen LogP contribution >= 0.6 is 0 Å². The molecule has 0 aliphatic carbocycles. The van der Waals surface area contributed by atoms with Crippen LogP contribution in [0.25, 0.3) is 0 Å². The molecule has 1 aromatic rings. The molecule has 1 heterocycles. The molecule has 2 rings (SSSR count). The van der Waals surface area contributed by atoms with Crippen molar-refractivity contribution in [3.05, 3.63) is 35.4 Å². The molecule has 1 aliphatic rings. The molecule has 3 heteroatoms. The molecule has 16 heavy (non-hydrogen) atoms. The Hall–Kier alpha value is -0.960. The Balaban J connectivity index is 2.04. The van der Waals surface area contributed by atoms with Crippen molar-refractivity contribution in [3.63, 3.8) is 0 Å². The molecule has 1 aromatic carbocycles. The van der Waals surface area contributed by atoms with Gasteiger partial charge in [0, 0.05) is 5.56 Å². The fourth-order valence-corrected chi connectivity index (χ4v) is 2.26. The van der Waals surface area contributed by atoms with E-state index in [0.29, 0.717) is 5.92 Å². The topological polar surface area (TPSA) is 3.24 Å². The van der Waals surface area contributed by atoms with Crippen molar-refractivity contribution >= 4 is 0 Å². The number of hydrogen-bond donors (Lipinski definition) is 0. The highest BCUT2D eigenvalue weighted by atomic mass is 19.3. The highest BCUT2D eigenvalue weighted by molar-refractivity contribution is 5.26. The molecule has 0 bridgehead atoms. The smallest absolute Gasteiger partial charge is 0.263 e. The van der Waals surface area contributed by atoms with E-state index in [2.05, 4.69) is 11.9 Å². The molecule has 1 aliphatic heterocycles. The number of nitrogens with zero attached hydrogens (tertiary/aromatic N) is 1. The summed E-state index contributed by atoms with van der Waals surface area (Å²) in [6, 6.07) is 6.82. The predicted octanol–water partition coefficient (Wildman–Crippen LogP) is 3.43. The zero-order chi connectivity index (χ0) is 11.5. The lowest BCUT2D eigenvalue weighted by Gasteiger charge is -2.29. The van der Waals surface area contributed by atoms with Gasteiger partial charge in [-0.3, -0.25) is 0 Å². The summed E-state index contributed by atoms with van der Waals surface area (Å²) in [5.41, 5.74) is 1.33. The summed E-state index contributed by atoms with van der Waals surface area (Å²) in [7, 11) is 2.12. The number of rotatable bonds is 2. The van der Waals surface area contributed by atoms with Gasteiger partial charge in [-0.2, -0.15) is 0 Å². The summed E-state index contributed by atoms with van der Waals surface area (Å²) in [5, 5.41) is 0. The molecular formula is C13H17F2N. The quantitative estimate of drug-likeness (QED) is 0.745. The summed E-state index contributed by atoms with van der Waals surface area (Å²) < 4.78 is 24.8. The summed E-state index contributed by atoms with van der Waals surface area (Å²) in [6.45, 7) is 2.20. The van der Waals surface area contributed by atoms with E-state index in [9.17, 15) is 8.78 Å². The molecule has 1 nitrogen and oxygen atoms in total. The van der Waals surface area contributed by atoms with Crippen LogP contribution in [0.2, 0.25) is 0 Å². The van der Waals surface area contributed by atoms with Crippen molar-refractivity contribution in [2.24, 2.45) is 0 Å². The van der Waals surface area contributed by atoms with E-state index in [0.717, 1.165) is 25.9 Å². The maximum atomic E-state index is 12.4. The number of likely N-dealkylation sites (tertiary alicyclic amines) is 1.